The number of carbonyl (C=O) groups excluding carboxylic acids is 2. The molecule has 0 unspecified atom stereocenters. The van der Waals surface area contributed by atoms with Gasteiger partial charge in [-0.25, -0.2) is 0 Å². The number of piperidine rings is 1. The number of amides is 1. The molecule has 0 bridgehead atoms. The van der Waals surface area contributed by atoms with Crippen molar-refractivity contribution < 1.29 is 14.3 Å². The molecule has 1 aliphatic heterocycles. The highest BCUT2D eigenvalue weighted by molar-refractivity contribution is 6.01. The Morgan fingerprint density at radius 3 is 2.82 bits per heavy atom. The van der Waals surface area contributed by atoms with Gasteiger partial charge in [0.25, 0.3) is 5.91 Å². The van der Waals surface area contributed by atoms with Gasteiger partial charge in [0.15, 0.2) is 0 Å². The molecular weight excluding hydrogens is 278 g/mol. The van der Waals surface area contributed by atoms with Gasteiger partial charge in [0.1, 0.15) is 5.41 Å². The topological polar surface area (TPSA) is 55.4 Å². The van der Waals surface area contributed by atoms with Gasteiger partial charge in [-0.2, -0.15) is 0 Å². The number of allylic oxidation sites excluding steroid dienone is 1. The molecule has 0 saturated carbocycles. The second-order valence-corrected chi connectivity index (χ2v) is 5.67. The second kappa shape index (κ2) is 5.44. The van der Waals surface area contributed by atoms with Crippen LogP contribution in [0.2, 0.25) is 0 Å². The summed E-state index contributed by atoms with van der Waals surface area (Å²) in [4.78, 5) is 25.0. The lowest BCUT2D eigenvalue weighted by atomic mass is 9.64. The van der Waals surface area contributed by atoms with E-state index in [0.29, 0.717) is 24.3 Å². The predicted octanol–water partition coefficient (Wildman–Crippen LogP) is 2.68. The third-order valence-corrected chi connectivity index (χ3v) is 4.52. The van der Waals surface area contributed by atoms with Crippen molar-refractivity contribution in [3.8, 4) is 0 Å². The zero-order valence-corrected chi connectivity index (χ0v) is 12.6. The molecule has 1 aliphatic carbocycles. The Morgan fingerprint density at radius 2 is 2.14 bits per heavy atom. The Bertz CT molecular complexity index is 662. The fourth-order valence-corrected chi connectivity index (χ4v) is 3.58. The summed E-state index contributed by atoms with van der Waals surface area (Å²) in [5.41, 5.74) is 1.14. The first-order valence-electron chi connectivity index (χ1n) is 7.54. The maximum absolute atomic E-state index is 12.8. The smallest absolute Gasteiger partial charge is 0.319 e. The minimum Gasteiger partial charge on any atom is -0.465 e. The highest BCUT2D eigenvalue weighted by Crippen LogP contribution is 2.54. The standard InChI is InChI=1S/C18H19NO3/c1-3-22-17(21)18-11-7-10-14(18)19-16(20)12(2)15(18)13-8-5-4-6-9-13/h4-6,8-10,15H,2-3,7,11H2,1H3,(H,19,20)/t15-,18-/m1/s1. The van der Waals surface area contributed by atoms with E-state index in [1.165, 1.54) is 0 Å². The first kappa shape index (κ1) is 14.6. The first-order chi connectivity index (χ1) is 10.6. The van der Waals surface area contributed by atoms with Gasteiger partial charge in [-0.05, 0) is 25.3 Å². The van der Waals surface area contributed by atoms with Crippen LogP contribution in [-0.4, -0.2) is 18.5 Å². The summed E-state index contributed by atoms with van der Waals surface area (Å²) in [7, 11) is 0. The monoisotopic (exact) mass is 297 g/mol. The molecule has 2 aliphatic rings. The van der Waals surface area contributed by atoms with Gasteiger partial charge < -0.3 is 10.1 Å². The SMILES string of the molecule is C=C1C(=O)NC2=CCC[C@]2(C(=O)OCC)[C@H]1c1ccccc1. The molecule has 1 aromatic carbocycles. The van der Waals surface area contributed by atoms with Crippen LogP contribution in [0.5, 0.6) is 0 Å². The molecule has 3 rings (SSSR count). The number of ether oxygens (including phenoxy) is 1. The number of esters is 1. The van der Waals surface area contributed by atoms with E-state index in [2.05, 4.69) is 11.9 Å². The van der Waals surface area contributed by atoms with E-state index in [-0.39, 0.29) is 17.8 Å². The van der Waals surface area contributed by atoms with Gasteiger partial charge in [0.2, 0.25) is 0 Å². The molecule has 1 N–H and O–H groups in total. The van der Waals surface area contributed by atoms with E-state index in [0.717, 1.165) is 12.0 Å². The second-order valence-electron chi connectivity index (χ2n) is 5.67. The van der Waals surface area contributed by atoms with Crippen molar-refractivity contribution >= 4 is 11.9 Å². The lowest BCUT2D eigenvalue weighted by Gasteiger charge is -2.42. The lowest BCUT2D eigenvalue weighted by molar-refractivity contribution is -0.155. The van der Waals surface area contributed by atoms with Crippen LogP contribution in [0.25, 0.3) is 0 Å². The van der Waals surface area contributed by atoms with E-state index in [1.54, 1.807) is 6.92 Å². The summed E-state index contributed by atoms with van der Waals surface area (Å²) in [5.74, 6) is -0.883. The minimum atomic E-state index is -0.859. The number of rotatable bonds is 3. The fourth-order valence-electron chi connectivity index (χ4n) is 3.58. The van der Waals surface area contributed by atoms with E-state index >= 15 is 0 Å². The van der Waals surface area contributed by atoms with Crippen molar-refractivity contribution in [2.45, 2.75) is 25.7 Å². The van der Waals surface area contributed by atoms with Crippen LogP contribution < -0.4 is 5.32 Å². The number of nitrogens with one attached hydrogen (secondary N) is 1. The van der Waals surface area contributed by atoms with Crippen LogP contribution in [0.15, 0.2) is 54.3 Å². The van der Waals surface area contributed by atoms with Crippen molar-refractivity contribution in [3.63, 3.8) is 0 Å². The van der Waals surface area contributed by atoms with Crippen molar-refractivity contribution in [2.24, 2.45) is 5.41 Å². The fraction of sp³-hybridized carbons (Fsp3) is 0.333. The average molecular weight is 297 g/mol. The maximum atomic E-state index is 12.8. The highest BCUT2D eigenvalue weighted by atomic mass is 16.5. The number of hydrogen-bond donors (Lipinski definition) is 1. The summed E-state index contributed by atoms with van der Waals surface area (Å²) in [5, 5.41) is 2.83. The largest absolute Gasteiger partial charge is 0.465 e. The average Bonchev–Trinajstić information content (AvgIpc) is 2.93. The van der Waals surface area contributed by atoms with Gasteiger partial charge in [-0.15, -0.1) is 0 Å². The summed E-state index contributed by atoms with van der Waals surface area (Å²) < 4.78 is 5.35. The third-order valence-electron chi connectivity index (χ3n) is 4.52. The van der Waals surface area contributed by atoms with E-state index in [4.69, 9.17) is 4.74 Å². The normalized spacial score (nSPS) is 27.0. The number of fused-ring (bicyclic) bond motifs is 1. The molecule has 1 fully saturated rings. The summed E-state index contributed by atoms with van der Waals surface area (Å²) in [6, 6.07) is 9.60. The Morgan fingerprint density at radius 1 is 1.41 bits per heavy atom. The molecule has 0 aromatic heterocycles. The van der Waals surface area contributed by atoms with E-state index < -0.39 is 5.41 Å². The number of hydrogen-bond acceptors (Lipinski definition) is 3. The van der Waals surface area contributed by atoms with Gasteiger partial charge in [0, 0.05) is 17.2 Å². The van der Waals surface area contributed by atoms with Crippen molar-refractivity contribution in [1.82, 2.24) is 5.32 Å². The summed E-state index contributed by atoms with van der Waals surface area (Å²) in [6.45, 7) is 6.06. The quantitative estimate of drug-likeness (QED) is 0.689. The first-order valence-corrected chi connectivity index (χ1v) is 7.54. The van der Waals surface area contributed by atoms with Crippen LogP contribution in [0.3, 0.4) is 0 Å². The Hall–Kier alpha value is -2.36. The van der Waals surface area contributed by atoms with Gasteiger partial charge in [-0.1, -0.05) is 43.0 Å². The highest BCUT2D eigenvalue weighted by Gasteiger charge is 2.57. The molecule has 1 saturated heterocycles. The van der Waals surface area contributed by atoms with Crippen LogP contribution in [-0.2, 0) is 14.3 Å². The molecule has 0 spiro atoms. The van der Waals surface area contributed by atoms with Crippen LogP contribution in [0.4, 0.5) is 0 Å². The zero-order valence-electron chi connectivity index (χ0n) is 12.6. The maximum Gasteiger partial charge on any atom is 0.319 e. The summed E-state index contributed by atoms with van der Waals surface area (Å²) in [6.07, 6.45) is 3.29. The van der Waals surface area contributed by atoms with Crippen LogP contribution >= 0.6 is 0 Å². The van der Waals surface area contributed by atoms with Crippen molar-refractivity contribution in [2.75, 3.05) is 6.61 Å². The van der Waals surface area contributed by atoms with Crippen molar-refractivity contribution in [3.05, 3.63) is 59.8 Å². The van der Waals surface area contributed by atoms with Gasteiger partial charge >= 0.3 is 5.97 Å². The van der Waals surface area contributed by atoms with Crippen molar-refractivity contribution in [1.29, 1.82) is 0 Å². The molecule has 114 valence electrons. The molecule has 2 atom stereocenters. The predicted molar refractivity (Wildman–Crippen MR) is 82.8 cm³/mol. The Labute approximate surface area is 129 Å². The zero-order chi connectivity index (χ0) is 15.7. The van der Waals surface area contributed by atoms with Gasteiger partial charge in [0.05, 0.1) is 6.61 Å². The minimum absolute atomic E-state index is 0.220. The summed E-state index contributed by atoms with van der Waals surface area (Å²) >= 11 is 0. The third kappa shape index (κ3) is 1.98. The molecular formula is C18H19NO3. The Balaban J connectivity index is 2.16. The number of benzene rings is 1. The molecule has 1 heterocycles. The molecule has 4 heteroatoms. The molecule has 22 heavy (non-hydrogen) atoms. The van der Waals surface area contributed by atoms with E-state index in [9.17, 15) is 9.59 Å². The van der Waals surface area contributed by atoms with Crippen LogP contribution in [0.1, 0.15) is 31.2 Å². The molecule has 1 amide bonds. The van der Waals surface area contributed by atoms with E-state index in [1.807, 2.05) is 36.4 Å². The van der Waals surface area contributed by atoms with Gasteiger partial charge in [-0.3, -0.25) is 9.59 Å². The number of carbonyl (C=O) groups is 2. The molecule has 1 aromatic rings. The lowest BCUT2D eigenvalue weighted by Crippen LogP contribution is -2.50. The Kier molecular flexibility index (Phi) is 3.61. The molecule has 0 radical (unpaired) electrons. The molecule has 4 nitrogen and oxygen atoms in total. The van der Waals surface area contributed by atoms with Crippen LogP contribution in [0, 0.1) is 5.41 Å².